The van der Waals surface area contributed by atoms with E-state index in [0.717, 1.165) is 0 Å². The van der Waals surface area contributed by atoms with Crippen LogP contribution in [0, 0.1) is 10.1 Å². The third-order valence-electron chi connectivity index (χ3n) is 3.55. The fraction of sp³-hybridized carbons (Fsp3) is 0.533. The number of nitrogens with zero attached hydrogens (tertiary/aromatic N) is 2. The zero-order valence-corrected chi connectivity index (χ0v) is 12.7. The van der Waals surface area contributed by atoms with E-state index < -0.39 is 5.97 Å². The molecule has 0 aliphatic carbocycles. The molecule has 0 spiro atoms. The van der Waals surface area contributed by atoms with Gasteiger partial charge in [-0.1, -0.05) is 18.2 Å². The number of para-hydroxylation sites is 1. The molecule has 0 aliphatic rings. The van der Waals surface area contributed by atoms with Crippen molar-refractivity contribution < 1.29 is 14.8 Å². The van der Waals surface area contributed by atoms with Gasteiger partial charge in [-0.25, -0.2) is 0 Å². The number of aliphatic carboxylic acids is 1. The molecule has 0 aliphatic heterocycles. The number of carboxylic acid groups (broad SMARTS) is 1. The molecule has 0 fully saturated rings. The standard InChI is InChI=1S/C15H22N2O4/c1-11(2)16(10-6-9-15(18)19)12(3)13-7-4-5-8-14(13)17(20)21/h4-5,7-8,11-12H,6,9-10H2,1-3H3,(H,18,19). The van der Waals surface area contributed by atoms with Crippen LogP contribution in [0.1, 0.15) is 45.2 Å². The molecule has 1 unspecified atom stereocenters. The molecule has 1 rings (SSSR count). The number of benzene rings is 1. The highest BCUT2D eigenvalue weighted by Crippen LogP contribution is 2.30. The van der Waals surface area contributed by atoms with Crippen molar-refractivity contribution in [1.82, 2.24) is 4.90 Å². The fourth-order valence-corrected chi connectivity index (χ4v) is 2.50. The maximum absolute atomic E-state index is 11.1. The molecule has 116 valence electrons. The predicted molar refractivity (Wildman–Crippen MR) is 80.2 cm³/mol. The van der Waals surface area contributed by atoms with E-state index in [1.54, 1.807) is 18.2 Å². The summed E-state index contributed by atoms with van der Waals surface area (Å²) in [6, 6.07) is 6.73. The van der Waals surface area contributed by atoms with E-state index in [0.29, 0.717) is 18.5 Å². The van der Waals surface area contributed by atoms with Gasteiger partial charge in [0.05, 0.1) is 4.92 Å². The maximum Gasteiger partial charge on any atom is 0.303 e. The van der Waals surface area contributed by atoms with Crippen LogP contribution in [-0.4, -0.2) is 33.5 Å². The Balaban J connectivity index is 2.93. The highest BCUT2D eigenvalue weighted by atomic mass is 16.6. The van der Waals surface area contributed by atoms with Crippen LogP contribution in [0.3, 0.4) is 0 Å². The van der Waals surface area contributed by atoms with Crippen molar-refractivity contribution in [2.24, 2.45) is 0 Å². The van der Waals surface area contributed by atoms with Gasteiger partial charge in [0.2, 0.25) is 0 Å². The highest BCUT2D eigenvalue weighted by molar-refractivity contribution is 5.66. The van der Waals surface area contributed by atoms with Crippen molar-refractivity contribution in [3.8, 4) is 0 Å². The van der Waals surface area contributed by atoms with Gasteiger partial charge in [0.15, 0.2) is 0 Å². The minimum atomic E-state index is -0.822. The van der Waals surface area contributed by atoms with Gasteiger partial charge >= 0.3 is 5.97 Å². The van der Waals surface area contributed by atoms with E-state index in [9.17, 15) is 14.9 Å². The van der Waals surface area contributed by atoms with Crippen LogP contribution >= 0.6 is 0 Å². The molecular formula is C15H22N2O4. The number of nitro benzene ring substituents is 1. The average molecular weight is 294 g/mol. The molecule has 0 radical (unpaired) electrons. The van der Waals surface area contributed by atoms with E-state index >= 15 is 0 Å². The lowest BCUT2D eigenvalue weighted by molar-refractivity contribution is -0.386. The highest BCUT2D eigenvalue weighted by Gasteiger charge is 2.24. The third kappa shape index (κ3) is 4.82. The smallest absolute Gasteiger partial charge is 0.303 e. The van der Waals surface area contributed by atoms with Crippen LogP contribution in [0.15, 0.2) is 24.3 Å². The molecule has 0 saturated heterocycles. The number of carboxylic acids is 1. The summed E-state index contributed by atoms with van der Waals surface area (Å²) in [5.74, 6) is -0.822. The molecule has 0 aromatic heterocycles. The lowest BCUT2D eigenvalue weighted by Crippen LogP contribution is -2.35. The Morgan fingerprint density at radius 2 is 1.95 bits per heavy atom. The molecule has 6 nitrogen and oxygen atoms in total. The predicted octanol–water partition coefficient (Wildman–Crippen LogP) is 3.23. The molecule has 1 atom stereocenters. The minimum absolute atomic E-state index is 0.104. The summed E-state index contributed by atoms with van der Waals surface area (Å²) >= 11 is 0. The van der Waals surface area contributed by atoms with Gasteiger partial charge in [-0.3, -0.25) is 19.8 Å². The zero-order chi connectivity index (χ0) is 16.0. The zero-order valence-electron chi connectivity index (χ0n) is 12.7. The third-order valence-corrected chi connectivity index (χ3v) is 3.55. The van der Waals surface area contributed by atoms with E-state index in [4.69, 9.17) is 5.11 Å². The second-order valence-corrected chi connectivity index (χ2v) is 5.32. The van der Waals surface area contributed by atoms with E-state index in [-0.39, 0.29) is 29.1 Å². The van der Waals surface area contributed by atoms with Gasteiger partial charge in [-0.2, -0.15) is 0 Å². The van der Waals surface area contributed by atoms with Crippen LogP contribution < -0.4 is 0 Å². The van der Waals surface area contributed by atoms with Gasteiger partial charge in [0.1, 0.15) is 0 Å². The Morgan fingerprint density at radius 3 is 2.48 bits per heavy atom. The number of carbonyl (C=O) groups is 1. The number of nitro groups is 1. The van der Waals surface area contributed by atoms with Gasteiger partial charge in [-0.05, 0) is 33.7 Å². The number of rotatable bonds is 8. The first-order valence-corrected chi connectivity index (χ1v) is 7.05. The maximum atomic E-state index is 11.1. The van der Waals surface area contributed by atoms with Gasteiger partial charge in [0, 0.05) is 30.1 Å². The van der Waals surface area contributed by atoms with Crippen molar-refractivity contribution in [2.45, 2.75) is 45.7 Å². The lowest BCUT2D eigenvalue weighted by Gasteiger charge is -2.32. The van der Waals surface area contributed by atoms with Crippen molar-refractivity contribution in [2.75, 3.05) is 6.54 Å². The van der Waals surface area contributed by atoms with Crippen LogP contribution in [0.5, 0.6) is 0 Å². The second-order valence-electron chi connectivity index (χ2n) is 5.32. The van der Waals surface area contributed by atoms with E-state index in [1.165, 1.54) is 6.07 Å². The summed E-state index contributed by atoms with van der Waals surface area (Å²) in [4.78, 5) is 23.5. The topological polar surface area (TPSA) is 83.7 Å². The average Bonchev–Trinajstić information content (AvgIpc) is 2.42. The van der Waals surface area contributed by atoms with Gasteiger partial charge < -0.3 is 5.11 Å². The molecule has 0 bridgehead atoms. The molecule has 1 N–H and O–H groups in total. The summed E-state index contributed by atoms with van der Waals surface area (Å²) in [5.41, 5.74) is 0.764. The Bertz CT molecular complexity index is 502. The fourth-order valence-electron chi connectivity index (χ4n) is 2.50. The molecule has 0 heterocycles. The van der Waals surface area contributed by atoms with Gasteiger partial charge in [-0.15, -0.1) is 0 Å². The van der Waals surface area contributed by atoms with Crippen LogP contribution in [0.25, 0.3) is 0 Å². The summed E-state index contributed by atoms with van der Waals surface area (Å²) < 4.78 is 0. The first-order chi connectivity index (χ1) is 9.84. The molecule has 1 aromatic carbocycles. The van der Waals surface area contributed by atoms with Crippen LogP contribution in [0.2, 0.25) is 0 Å². The SMILES string of the molecule is CC(C)N(CCCC(=O)O)C(C)c1ccccc1[N+](=O)[O-]. The minimum Gasteiger partial charge on any atom is -0.481 e. The van der Waals surface area contributed by atoms with Crippen molar-refractivity contribution in [1.29, 1.82) is 0 Å². The van der Waals surface area contributed by atoms with Crippen molar-refractivity contribution >= 4 is 11.7 Å². The summed E-state index contributed by atoms with van der Waals surface area (Å²) in [6.45, 7) is 6.53. The number of hydrogen-bond donors (Lipinski definition) is 1. The molecule has 21 heavy (non-hydrogen) atoms. The molecule has 0 saturated carbocycles. The van der Waals surface area contributed by atoms with Crippen LogP contribution in [-0.2, 0) is 4.79 Å². The van der Waals surface area contributed by atoms with E-state index in [1.807, 2.05) is 20.8 Å². The number of hydrogen-bond acceptors (Lipinski definition) is 4. The summed E-state index contributed by atoms with van der Waals surface area (Å²) in [5, 5.41) is 19.9. The first kappa shape index (κ1) is 17.1. The van der Waals surface area contributed by atoms with Crippen molar-refractivity contribution in [3.05, 3.63) is 39.9 Å². The molecule has 6 heteroatoms. The second kappa shape index (κ2) is 7.73. The molecular weight excluding hydrogens is 272 g/mol. The molecule has 1 aromatic rings. The Morgan fingerprint density at radius 1 is 1.33 bits per heavy atom. The Hall–Kier alpha value is -1.95. The summed E-state index contributed by atoms with van der Waals surface area (Å²) in [6.07, 6.45) is 0.630. The normalized spacial score (nSPS) is 12.6. The van der Waals surface area contributed by atoms with Crippen LogP contribution in [0.4, 0.5) is 5.69 Å². The van der Waals surface area contributed by atoms with Crippen molar-refractivity contribution in [3.63, 3.8) is 0 Å². The molecule has 0 amide bonds. The Kier molecular flexibility index (Phi) is 6.30. The Labute approximate surface area is 124 Å². The quantitative estimate of drug-likeness (QED) is 0.588. The lowest BCUT2D eigenvalue weighted by atomic mass is 10.0. The summed E-state index contributed by atoms with van der Waals surface area (Å²) in [7, 11) is 0. The van der Waals surface area contributed by atoms with E-state index in [2.05, 4.69) is 4.90 Å². The monoisotopic (exact) mass is 294 g/mol. The first-order valence-electron chi connectivity index (χ1n) is 7.05. The van der Waals surface area contributed by atoms with Gasteiger partial charge in [0.25, 0.3) is 5.69 Å². The largest absolute Gasteiger partial charge is 0.481 e.